The van der Waals surface area contributed by atoms with Gasteiger partial charge in [-0.15, -0.1) is 0 Å². The Morgan fingerprint density at radius 1 is 0.698 bits per heavy atom. The molecule has 3 aromatic carbocycles. The second-order valence-corrected chi connectivity index (χ2v) is 9.33. The topological polar surface area (TPSA) is 186 Å². The van der Waals surface area contributed by atoms with Crippen LogP contribution in [0.4, 0.5) is 13.2 Å². The number of amidine groups is 2. The molecule has 10 nitrogen and oxygen atoms in total. The number of nitrogens with two attached hydrogens (primary N) is 2. The Morgan fingerprint density at radius 2 is 1.07 bits per heavy atom. The standard InChI is InChI=1S/C28H28N6O2.C2HF3O2/c29-27(31-9-11-35)21-7-5-19-13-23(33-25(19)15-21)17-1-2-18(4-3-17)24-14-20-6-8-22(16-26(20)34-24)28(30)32-10-12-36;3-2(4,5)1(6)7/h1-8,13-16,33-36H,9-12H2,(H2,29,31)(H2,30,32);(H,6,7). The van der Waals surface area contributed by atoms with Gasteiger partial charge in [-0.25, -0.2) is 4.79 Å². The van der Waals surface area contributed by atoms with Crippen LogP contribution < -0.4 is 11.5 Å². The molecule has 0 aliphatic heterocycles. The zero-order chi connectivity index (χ0) is 31.1. The van der Waals surface area contributed by atoms with E-state index in [2.05, 4.69) is 56.4 Å². The van der Waals surface area contributed by atoms with E-state index in [0.29, 0.717) is 11.7 Å². The highest BCUT2D eigenvalue weighted by Crippen LogP contribution is 2.29. The van der Waals surface area contributed by atoms with Crippen molar-refractivity contribution in [2.24, 2.45) is 21.5 Å². The van der Waals surface area contributed by atoms with Gasteiger partial charge in [0.05, 0.1) is 26.3 Å². The number of fused-ring (bicyclic) bond motifs is 2. The van der Waals surface area contributed by atoms with Gasteiger partial charge < -0.3 is 36.8 Å². The van der Waals surface area contributed by atoms with Crippen molar-refractivity contribution in [2.75, 3.05) is 26.3 Å². The van der Waals surface area contributed by atoms with Crippen LogP contribution in [0.1, 0.15) is 11.1 Å². The zero-order valence-corrected chi connectivity index (χ0v) is 22.7. The van der Waals surface area contributed by atoms with Gasteiger partial charge >= 0.3 is 12.1 Å². The molecular weight excluding hydrogens is 565 g/mol. The number of aliphatic hydroxyl groups excluding tert-OH is 2. The highest BCUT2D eigenvalue weighted by Gasteiger charge is 2.38. The van der Waals surface area contributed by atoms with E-state index in [1.165, 1.54) is 0 Å². The lowest BCUT2D eigenvalue weighted by atomic mass is 10.1. The van der Waals surface area contributed by atoms with Crippen LogP contribution >= 0.6 is 0 Å². The van der Waals surface area contributed by atoms with Crippen LogP contribution in [0, 0.1) is 0 Å². The summed E-state index contributed by atoms with van der Waals surface area (Å²) in [5.74, 6) is -1.93. The summed E-state index contributed by atoms with van der Waals surface area (Å²) < 4.78 is 31.7. The molecular formula is C30H29F3N6O4. The molecule has 0 aliphatic carbocycles. The van der Waals surface area contributed by atoms with Gasteiger partial charge in [0.1, 0.15) is 11.7 Å². The van der Waals surface area contributed by atoms with Gasteiger partial charge in [0.25, 0.3) is 0 Å². The number of aromatic nitrogens is 2. The molecule has 0 saturated carbocycles. The number of aliphatic hydroxyl groups is 2. The van der Waals surface area contributed by atoms with Crippen LogP contribution in [0.2, 0.25) is 0 Å². The second-order valence-electron chi connectivity index (χ2n) is 9.33. The predicted octanol–water partition coefficient (Wildman–Crippen LogP) is 4.01. The predicted molar refractivity (Wildman–Crippen MR) is 160 cm³/mol. The van der Waals surface area contributed by atoms with Crippen LogP contribution in [0.3, 0.4) is 0 Å². The largest absolute Gasteiger partial charge is 0.490 e. The third-order valence-electron chi connectivity index (χ3n) is 6.35. The number of H-pyrrole nitrogens is 2. The third-order valence-corrected chi connectivity index (χ3v) is 6.35. The van der Waals surface area contributed by atoms with Gasteiger partial charge in [0.15, 0.2) is 0 Å². The summed E-state index contributed by atoms with van der Waals surface area (Å²) in [5, 5.41) is 27.2. The summed E-state index contributed by atoms with van der Waals surface area (Å²) in [5.41, 5.74) is 19.8. The molecule has 0 unspecified atom stereocenters. The lowest BCUT2D eigenvalue weighted by molar-refractivity contribution is -0.192. The van der Waals surface area contributed by atoms with Crippen LogP contribution in [-0.2, 0) is 4.79 Å². The SMILES string of the molecule is NC(=NCCO)c1ccc2cc(-c3ccc(-c4cc5ccc(C(N)=NCCO)cc5[nH]4)cc3)[nH]c2c1.O=C(O)C(F)(F)F. The Labute approximate surface area is 243 Å². The first-order valence-electron chi connectivity index (χ1n) is 13.0. The molecule has 0 aliphatic rings. The number of halogens is 3. The van der Waals surface area contributed by atoms with Crippen molar-refractivity contribution in [3.05, 3.63) is 83.9 Å². The number of hydrogen-bond donors (Lipinski definition) is 7. The highest BCUT2D eigenvalue weighted by atomic mass is 19.4. The van der Waals surface area contributed by atoms with Crippen LogP contribution in [0.5, 0.6) is 0 Å². The van der Waals surface area contributed by atoms with Crippen molar-refractivity contribution in [3.8, 4) is 22.5 Å². The van der Waals surface area contributed by atoms with Crippen molar-refractivity contribution in [1.82, 2.24) is 9.97 Å². The van der Waals surface area contributed by atoms with Crippen molar-refractivity contribution in [1.29, 1.82) is 0 Å². The first kappa shape index (κ1) is 30.8. The maximum atomic E-state index is 10.6. The maximum Gasteiger partial charge on any atom is 0.490 e. The van der Waals surface area contributed by atoms with E-state index >= 15 is 0 Å². The number of hydrogen-bond acceptors (Lipinski definition) is 5. The van der Waals surface area contributed by atoms with Crippen molar-refractivity contribution >= 4 is 39.4 Å². The Morgan fingerprint density at radius 3 is 1.40 bits per heavy atom. The third kappa shape index (κ3) is 7.58. The Hall–Kier alpha value is -5.14. The monoisotopic (exact) mass is 594 g/mol. The van der Waals surface area contributed by atoms with Crippen molar-refractivity contribution in [3.63, 3.8) is 0 Å². The normalized spacial score (nSPS) is 12.4. The minimum absolute atomic E-state index is 0.0278. The van der Waals surface area contributed by atoms with Gasteiger partial charge in [-0.1, -0.05) is 48.5 Å². The fourth-order valence-electron chi connectivity index (χ4n) is 4.24. The summed E-state index contributed by atoms with van der Waals surface area (Å²) >= 11 is 0. The van der Waals surface area contributed by atoms with E-state index in [4.69, 9.17) is 31.6 Å². The summed E-state index contributed by atoms with van der Waals surface area (Å²) in [6.07, 6.45) is -5.08. The number of benzene rings is 3. The number of carbonyl (C=O) groups is 1. The molecule has 224 valence electrons. The fraction of sp³-hybridized carbons (Fsp3) is 0.167. The quantitative estimate of drug-likeness (QED) is 0.105. The molecule has 9 N–H and O–H groups in total. The van der Waals surface area contributed by atoms with E-state index < -0.39 is 12.1 Å². The van der Waals surface area contributed by atoms with Gasteiger partial charge in [-0.05, 0) is 35.4 Å². The summed E-state index contributed by atoms with van der Waals surface area (Å²) in [6, 6.07) is 24.4. The molecule has 0 spiro atoms. The first-order valence-corrected chi connectivity index (χ1v) is 13.0. The molecule has 43 heavy (non-hydrogen) atoms. The van der Waals surface area contributed by atoms with E-state index in [-0.39, 0.29) is 26.3 Å². The van der Waals surface area contributed by atoms with Gasteiger partial charge in [0.2, 0.25) is 0 Å². The smallest absolute Gasteiger partial charge is 0.475 e. The molecule has 0 amide bonds. The second kappa shape index (κ2) is 13.2. The number of aromatic amines is 2. The lowest BCUT2D eigenvalue weighted by Crippen LogP contribution is -2.21. The van der Waals surface area contributed by atoms with Crippen LogP contribution in [0.15, 0.2) is 82.8 Å². The fourth-order valence-corrected chi connectivity index (χ4v) is 4.24. The number of carboxylic acid groups (broad SMARTS) is 1. The maximum absolute atomic E-state index is 10.6. The molecule has 2 heterocycles. The zero-order valence-electron chi connectivity index (χ0n) is 22.7. The number of nitrogens with one attached hydrogen (secondary N) is 2. The molecule has 5 aromatic rings. The molecule has 2 aromatic heterocycles. The lowest BCUT2D eigenvalue weighted by Gasteiger charge is -2.02. The van der Waals surface area contributed by atoms with E-state index in [9.17, 15) is 13.2 Å². The molecule has 0 atom stereocenters. The number of nitrogens with zero attached hydrogens (tertiary/aromatic N) is 2. The van der Waals surface area contributed by atoms with Crippen molar-refractivity contribution in [2.45, 2.75) is 6.18 Å². The summed E-state index contributed by atoms with van der Waals surface area (Å²) in [6.45, 7) is 0.521. The van der Waals surface area contributed by atoms with Crippen LogP contribution in [0.25, 0.3) is 44.3 Å². The Balaban J connectivity index is 0.000000541. The molecule has 0 radical (unpaired) electrons. The molecule has 5 rings (SSSR count). The number of alkyl halides is 3. The number of aliphatic imine (C=N–C) groups is 2. The first-order chi connectivity index (χ1) is 20.5. The van der Waals surface area contributed by atoms with Gasteiger partial charge in [-0.2, -0.15) is 13.2 Å². The average Bonchev–Trinajstić information content (AvgIpc) is 3.62. The van der Waals surface area contributed by atoms with Gasteiger partial charge in [0, 0.05) is 44.3 Å². The molecule has 13 heteroatoms. The number of rotatable bonds is 8. The van der Waals surface area contributed by atoms with Crippen molar-refractivity contribution < 1.29 is 33.3 Å². The van der Waals surface area contributed by atoms with E-state index in [0.717, 1.165) is 55.4 Å². The minimum atomic E-state index is -5.08. The highest BCUT2D eigenvalue weighted by molar-refractivity contribution is 6.02. The molecule has 0 saturated heterocycles. The van der Waals surface area contributed by atoms with Crippen LogP contribution in [-0.4, -0.2) is 75.4 Å². The van der Waals surface area contributed by atoms with E-state index in [1.54, 1.807) is 0 Å². The number of carboxylic acids is 1. The average molecular weight is 595 g/mol. The molecule has 0 fully saturated rings. The Kier molecular flexibility index (Phi) is 9.48. The Bertz CT molecular complexity index is 1670. The summed E-state index contributed by atoms with van der Waals surface area (Å²) in [7, 11) is 0. The van der Waals surface area contributed by atoms with Gasteiger partial charge in [-0.3, -0.25) is 9.98 Å². The summed E-state index contributed by atoms with van der Waals surface area (Å²) in [4.78, 5) is 24.2. The number of aliphatic carboxylic acids is 1. The molecule has 0 bridgehead atoms. The van der Waals surface area contributed by atoms with E-state index in [1.807, 2.05) is 36.4 Å². The minimum Gasteiger partial charge on any atom is -0.475 e.